The van der Waals surface area contributed by atoms with Crippen LogP contribution in [0, 0.1) is 0 Å². The minimum absolute atomic E-state index is 0.0189. The van der Waals surface area contributed by atoms with E-state index in [9.17, 15) is 18.0 Å². The van der Waals surface area contributed by atoms with Crippen LogP contribution in [0.4, 0.5) is 13.2 Å². The summed E-state index contributed by atoms with van der Waals surface area (Å²) in [6.07, 6.45) is 3.15. The number of carbonyl (C=O) groups excluding carboxylic acids is 1. The first-order chi connectivity index (χ1) is 12.9. The number of nitrogens with one attached hydrogen (secondary N) is 1. The predicted molar refractivity (Wildman–Crippen MR) is 93.0 cm³/mol. The minimum Gasteiger partial charge on any atom is -0.350 e. The molecule has 27 heavy (non-hydrogen) atoms. The first-order valence-electron chi connectivity index (χ1n) is 8.94. The molecule has 1 N–H and O–H groups in total. The van der Waals surface area contributed by atoms with Crippen molar-refractivity contribution in [3.05, 3.63) is 48.0 Å². The van der Waals surface area contributed by atoms with Crippen molar-refractivity contribution in [2.24, 2.45) is 0 Å². The Labute approximate surface area is 155 Å². The summed E-state index contributed by atoms with van der Waals surface area (Å²) in [5.41, 5.74) is 1.28. The first kappa shape index (κ1) is 19.3. The van der Waals surface area contributed by atoms with Gasteiger partial charge in [-0.1, -0.05) is 6.07 Å². The van der Waals surface area contributed by atoms with Gasteiger partial charge < -0.3 is 5.32 Å². The van der Waals surface area contributed by atoms with Gasteiger partial charge in [0.1, 0.15) is 0 Å². The Morgan fingerprint density at radius 3 is 2.70 bits per heavy atom. The largest absolute Gasteiger partial charge is 0.390 e. The Hall–Kier alpha value is -2.42. The molecule has 3 rings (SSSR count). The summed E-state index contributed by atoms with van der Waals surface area (Å²) in [6.45, 7) is 2.02. The van der Waals surface area contributed by atoms with E-state index < -0.39 is 12.6 Å². The van der Waals surface area contributed by atoms with Crippen LogP contribution < -0.4 is 5.32 Å². The molecule has 0 saturated carbocycles. The molecular formula is C18H22F3N5O. The number of amides is 1. The van der Waals surface area contributed by atoms with Gasteiger partial charge in [0, 0.05) is 31.7 Å². The van der Waals surface area contributed by atoms with Crippen LogP contribution in [0.25, 0.3) is 0 Å². The molecule has 0 spiro atoms. The summed E-state index contributed by atoms with van der Waals surface area (Å²) >= 11 is 0. The number of hydrogen-bond donors (Lipinski definition) is 1. The number of aryl methyl sites for hydroxylation is 1. The monoisotopic (exact) mass is 381 g/mol. The maximum Gasteiger partial charge on any atom is 0.390 e. The lowest BCUT2D eigenvalue weighted by Crippen LogP contribution is -2.36. The number of pyridine rings is 1. The summed E-state index contributed by atoms with van der Waals surface area (Å²) in [6, 6.07) is 3.87. The lowest BCUT2D eigenvalue weighted by molar-refractivity contribution is -0.137. The van der Waals surface area contributed by atoms with Gasteiger partial charge in [0.05, 0.1) is 24.2 Å². The van der Waals surface area contributed by atoms with Crippen LogP contribution in [0.1, 0.15) is 41.2 Å². The smallest absolute Gasteiger partial charge is 0.350 e. The van der Waals surface area contributed by atoms with Gasteiger partial charge in [-0.3, -0.25) is 19.4 Å². The molecule has 3 heterocycles. The first-order valence-corrected chi connectivity index (χ1v) is 8.94. The molecule has 0 aliphatic carbocycles. The highest BCUT2D eigenvalue weighted by Gasteiger charge is 2.27. The van der Waals surface area contributed by atoms with Crippen molar-refractivity contribution in [3.63, 3.8) is 0 Å². The zero-order chi connectivity index (χ0) is 19.3. The number of hydrogen-bond acceptors (Lipinski definition) is 4. The second kappa shape index (κ2) is 8.51. The fourth-order valence-electron chi connectivity index (χ4n) is 3.22. The van der Waals surface area contributed by atoms with Gasteiger partial charge in [-0.25, -0.2) is 0 Å². The molecule has 6 nitrogen and oxygen atoms in total. The van der Waals surface area contributed by atoms with Crippen LogP contribution in [0.3, 0.4) is 0 Å². The van der Waals surface area contributed by atoms with Crippen molar-refractivity contribution < 1.29 is 18.0 Å². The number of nitrogens with zero attached hydrogens (tertiary/aromatic N) is 4. The van der Waals surface area contributed by atoms with E-state index in [4.69, 9.17) is 0 Å². The van der Waals surface area contributed by atoms with E-state index in [-0.39, 0.29) is 24.1 Å². The third-order valence-electron chi connectivity index (χ3n) is 4.63. The maximum atomic E-state index is 12.4. The van der Waals surface area contributed by atoms with Crippen LogP contribution in [0.15, 0.2) is 36.9 Å². The fourth-order valence-corrected chi connectivity index (χ4v) is 3.22. The number of alkyl halides is 3. The van der Waals surface area contributed by atoms with Gasteiger partial charge in [-0.15, -0.1) is 0 Å². The molecule has 1 fully saturated rings. The van der Waals surface area contributed by atoms with Crippen molar-refractivity contribution in [1.29, 1.82) is 0 Å². The molecule has 2 aromatic heterocycles. The number of aromatic nitrogens is 3. The molecule has 1 atom stereocenters. The highest BCUT2D eigenvalue weighted by Crippen LogP contribution is 2.24. The molecule has 0 radical (unpaired) electrons. The molecule has 0 bridgehead atoms. The quantitative estimate of drug-likeness (QED) is 0.801. The van der Waals surface area contributed by atoms with Gasteiger partial charge in [0.15, 0.2) is 0 Å². The molecule has 146 valence electrons. The second-order valence-corrected chi connectivity index (χ2v) is 6.61. The van der Waals surface area contributed by atoms with Crippen LogP contribution >= 0.6 is 0 Å². The molecule has 1 aliphatic rings. The van der Waals surface area contributed by atoms with Crippen molar-refractivity contribution >= 4 is 5.91 Å². The summed E-state index contributed by atoms with van der Waals surface area (Å²) in [7, 11) is 0. The third-order valence-corrected chi connectivity index (χ3v) is 4.63. The summed E-state index contributed by atoms with van der Waals surface area (Å²) < 4.78 is 38.0. The Kier molecular flexibility index (Phi) is 6.10. The summed E-state index contributed by atoms with van der Waals surface area (Å²) in [5, 5.41) is 6.71. The van der Waals surface area contributed by atoms with E-state index in [0.717, 1.165) is 36.2 Å². The summed E-state index contributed by atoms with van der Waals surface area (Å²) in [4.78, 5) is 18.9. The lowest BCUT2D eigenvalue weighted by atomic mass is 10.1. The van der Waals surface area contributed by atoms with E-state index in [1.54, 1.807) is 12.4 Å². The fraction of sp³-hybridized carbons (Fsp3) is 0.500. The average Bonchev–Trinajstić information content (AvgIpc) is 3.32. The van der Waals surface area contributed by atoms with Gasteiger partial charge in [-0.05, 0) is 37.6 Å². The number of carbonyl (C=O) groups is 1. The molecule has 1 amide bonds. The molecular weight excluding hydrogens is 359 g/mol. The van der Waals surface area contributed by atoms with Gasteiger partial charge in [0.25, 0.3) is 5.91 Å². The second-order valence-electron chi connectivity index (χ2n) is 6.61. The Morgan fingerprint density at radius 1 is 1.26 bits per heavy atom. The molecule has 9 heteroatoms. The molecule has 2 aromatic rings. The van der Waals surface area contributed by atoms with E-state index in [0.29, 0.717) is 6.54 Å². The number of rotatable bonds is 7. The molecule has 1 aliphatic heterocycles. The zero-order valence-electron chi connectivity index (χ0n) is 14.8. The van der Waals surface area contributed by atoms with Crippen LogP contribution in [-0.4, -0.2) is 51.4 Å². The Balaban J connectivity index is 1.60. The Bertz CT molecular complexity index is 741. The van der Waals surface area contributed by atoms with Crippen LogP contribution in [0.2, 0.25) is 0 Å². The predicted octanol–water partition coefficient (Wildman–Crippen LogP) is 2.80. The maximum absolute atomic E-state index is 12.4. The van der Waals surface area contributed by atoms with Crippen molar-refractivity contribution in [3.8, 4) is 0 Å². The zero-order valence-corrected chi connectivity index (χ0v) is 14.8. The number of likely N-dealkylation sites (tertiary alicyclic amines) is 1. The molecule has 0 aromatic carbocycles. The third kappa shape index (κ3) is 5.53. The van der Waals surface area contributed by atoms with Gasteiger partial charge >= 0.3 is 6.18 Å². The van der Waals surface area contributed by atoms with Crippen LogP contribution in [0.5, 0.6) is 0 Å². The molecule has 1 saturated heterocycles. The lowest BCUT2D eigenvalue weighted by Gasteiger charge is -2.27. The molecule has 1 unspecified atom stereocenters. The van der Waals surface area contributed by atoms with Crippen molar-refractivity contribution in [2.45, 2.75) is 38.0 Å². The van der Waals surface area contributed by atoms with Crippen molar-refractivity contribution in [1.82, 2.24) is 25.0 Å². The normalized spacial score (nSPS) is 16.4. The summed E-state index contributed by atoms with van der Waals surface area (Å²) in [5.74, 6) is -0.346. The average molecular weight is 381 g/mol. The van der Waals surface area contributed by atoms with Crippen molar-refractivity contribution in [2.75, 3.05) is 19.6 Å². The highest BCUT2D eigenvalue weighted by atomic mass is 19.4. The standard InChI is InChI=1S/C18H22F3N5O/c19-18(20,21)5-9-26-13-15(11-24-26)17(27)23-12-16(25-7-1-2-8-25)14-4-3-6-22-10-14/h3-4,6,10-11,13,16H,1-2,5,7-9,12H2,(H,23,27). The van der Waals surface area contributed by atoms with Crippen LogP contribution in [-0.2, 0) is 6.54 Å². The topological polar surface area (TPSA) is 63.1 Å². The van der Waals surface area contributed by atoms with Gasteiger partial charge in [0.2, 0.25) is 0 Å². The number of halogens is 3. The minimum atomic E-state index is -4.25. The van der Waals surface area contributed by atoms with E-state index in [1.165, 1.54) is 12.4 Å². The van der Waals surface area contributed by atoms with E-state index >= 15 is 0 Å². The highest BCUT2D eigenvalue weighted by molar-refractivity contribution is 5.93. The van der Waals surface area contributed by atoms with E-state index in [1.807, 2.05) is 12.1 Å². The van der Waals surface area contributed by atoms with E-state index in [2.05, 4.69) is 20.3 Å². The van der Waals surface area contributed by atoms with Gasteiger partial charge in [-0.2, -0.15) is 18.3 Å². The SMILES string of the molecule is O=C(NCC(c1cccnc1)N1CCCC1)c1cnn(CCC(F)(F)F)c1. The Morgan fingerprint density at radius 2 is 2.04 bits per heavy atom.